The van der Waals surface area contributed by atoms with Gasteiger partial charge in [-0.05, 0) is 0 Å². The van der Waals surface area contributed by atoms with Crippen molar-refractivity contribution in [1.29, 1.82) is 0 Å². The van der Waals surface area contributed by atoms with E-state index in [1.165, 1.54) is 7.11 Å². The van der Waals surface area contributed by atoms with Gasteiger partial charge in [0.1, 0.15) is 6.61 Å². The van der Waals surface area contributed by atoms with Crippen LogP contribution in [0, 0.1) is 0 Å². The SMILES string of the molecule is COCCOC(=O)NCCC(=O)On1c(O)ccc1O. The van der Waals surface area contributed by atoms with Crippen LogP contribution in [-0.4, -0.2) is 53.9 Å². The first-order chi connectivity index (χ1) is 9.54. The Kier molecular flexibility index (Phi) is 6.17. The van der Waals surface area contributed by atoms with Crippen molar-refractivity contribution < 1.29 is 34.1 Å². The van der Waals surface area contributed by atoms with Crippen molar-refractivity contribution in [3.63, 3.8) is 0 Å². The number of hydrogen-bond acceptors (Lipinski definition) is 7. The summed E-state index contributed by atoms with van der Waals surface area (Å²) in [4.78, 5) is 27.1. The third kappa shape index (κ3) is 5.06. The number of nitrogens with zero attached hydrogens (tertiary/aromatic N) is 1. The first-order valence-electron chi connectivity index (χ1n) is 5.75. The monoisotopic (exact) mass is 288 g/mol. The zero-order chi connectivity index (χ0) is 15.0. The van der Waals surface area contributed by atoms with Crippen molar-refractivity contribution in [1.82, 2.24) is 10.0 Å². The third-order valence-corrected chi connectivity index (χ3v) is 2.11. The molecule has 0 aliphatic heterocycles. The standard InChI is InChI=1S/C11H16N2O7/c1-18-6-7-19-11(17)12-5-4-10(16)20-13-8(14)2-3-9(13)15/h2-3,14-15H,4-7H2,1H3,(H,12,17). The summed E-state index contributed by atoms with van der Waals surface area (Å²) < 4.78 is 9.95. The van der Waals surface area contributed by atoms with Gasteiger partial charge in [0.05, 0.1) is 13.0 Å². The fourth-order valence-electron chi connectivity index (χ4n) is 1.18. The molecule has 1 rings (SSSR count). The molecule has 1 aromatic heterocycles. The number of alkyl carbamates (subject to hydrolysis) is 1. The summed E-state index contributed by atoms with van der Waals surface area (Å²) in [7, 11) is 1.48. The summed E-state index contributed by atoms with van der Waals surface area (Å²) in [5.74, 6) is -1.57. The highest BCUT2D eigenvalue weighted by atomic mass is 16.7. The van der Waals surface area contributed by atoms with Gasteiger partial charge in [-0.15, -0.1) is 4.73 Å². The van der Waals surface area contributed by atoms with Crippen LogP contribution in [0.3, 0.4) is 0 Å². The van der Waals surface area contributed by atoms with E-state index in [0.717, 1.165) is 12.1 Å². The highest BCUT2D eigenvalue weighted by Gasteiger charge is 2.12. The molecule has 0 atom stereocenters. The van der Waals surface area contributed by atoms with E-state index in [1.54, 1.807) is 0 Å². The number of methoxy groups -OCH3 is 1. The molecule has 0 radical (unpaired) electrons. The highest BCUT2D eigenvalue weighted by Crippen LogP contribution is 2.18. The molecule has 3 N–H and O–H groups in total. The Morgan fingerprint density at radius 1 is 1.25 bits per heavy atom. The molecule has 0 saturated carbocycles. The number of rotatable bonds is 7. The van der Waals surface area contributed by atoms with E-state index >= 15 is 0 Å². The summed E-state index contributed by atoms with van der Waals surface area (Å²) in [5, 5.41) is 20.8. The second kappa shape index (κ2) is 7.89. The maximum absolute atomic E-state index is 11.4. The molecule has 0 aromatic carbocycles. The van der Waals surface area contributed by atoms with E-state index in [1.807, 2.05) is 0 Å². The molecule has 0 aliphatic rings. The molecule has 9 nitrogen and oxygen atoms in total. The van der Waals surface area contributed by atoms with Crippen LogP contribution < -0.4 is 10.2 Å². The minimum absolute atomic E-state index is 0.00651. The molecular formula is C11H16N2O7. The summed E-state index contributed by atoms with van der Waals surface area (Å²) in [6.07, 6.45) is -0.835. The van der Waals surface area contributed by atoms with Crippen molar-refractivity contribution in [3.05, 3.63) is 12.1 Å². The lowest BCUT2D eigenvalue weighted by atomic mass is 10.4. The second-order valence-corrected chi connectivity index (χ2v) is 3.61. The van der Waals surface area contributed by atoms with E-state index in [2.05, 4.69) is 14.9 Å². The van der Waals surface area contributed by atoms with Crippen molar-refractivity contribution in [2.75, 3.05) is 26.9 Å². The average Bonchev–Trinajstić information content (AvgIpc) is 2.71. The van der Waals surface area contributed by atoms with Crippen LogP contribution >= 0.6 is 0 Å². The molecule has 0 saturated heterocycles. The van der Waals surface area contributed by atoms with Crippen LogP contribution in [0.4, 0.5) is 4.79 Å². The van der Waals surface area contributed by atoms with Gasteiger partial charge in [-0.1, -0.05) is 0 Å². The Hall–Kier alpha value is -2.42. The van der Waals surface area contributed by atoms with Crippen molar-refractivity contribution in [3.8, 4) is 11.8 Å². The van der Waals surface area contributed by atoms with Gasteiger partial charge in [-0.2, -0.15) is 0 Å². The largest absolute Gasteiger partial charge is 0.492 e. The lowest BCUT2D eigenvalue weighted by molar-refractivity contribution is -0.145. The Morgan fingerprint density at radius 2 is 1.90 bits per heavy atom. The van der Waals surface area contributed by atoms with Crippen molar-refractivity contribution in [2.45, 2.75) is 6.42 Å². The number of hydrogen-bond donors (Lipinski definition) is 3. The zero-order valence-electron chi connectivity index (χ0n) is 10.9. The van der Waals surface area contributed by atoms with Crippen LogP contribution in [-0.2, 0) is 14.3 Å². The fraction of sp³-hybridized carbons (Fsp3) is 0.455. The maximum atomic E-state index is 11.4. The van der Waals surface area contributed by atoms with Gasteiger partial charge in [0.25, 0.3) is 0 Å². The molecule has 0 spiro atoms. The number of aromatic nitrogens is 1. The third-order valence-electron chi connectivity index (χ3n) is 2.11. The van der Waals surface area contributed by atoms with Gasteiger partial charge < -0.3 is 29.8 Å². The summed E-state index contributed by atoms with van der Waals surface area (Å²) in [6, 6.07) is 2.32. The zero-order valence-corrected chi connectivity index (χ0v) is 10.9. The van der Waals surface area contributed by atoms with E-state index < -0.39 is 23.8 Å². The normalized spacial score (nSPS) is 10.1. The number of carbonyl (C=O) groups is 2. The van der Waals surface area contributed by atoms with E-state index in [0.29, 0.717) is 4.73 Å². The minimum Gasteiger partial charge on any atom is -0.492 e. The summed E-state index contributed by atoms with van der Waals surface area (Å²) in [6.45, 7) is 0.382. The highest BCUT2D eigenvalue weighted by molar-refractivity contribution is 5.72. The maximum Gasteiger partial charge on any atom is 0.407 e. The van der Waals surface area contributed by atoms with Gasteiger partial charge in [0.2, 0.25) is 11.8 Å². The van der Waals surface area contributed by atoms with Crippen molar-refractivity contribution in [2.24, 2.45) is 0 Å². The molecule has 20 heavy (non-hydrogen) atoms. The van der Waals surface area contributed by atoms with E-state index in [-0.39, 0.29) is 26.2 Å². The van der Waals surface area contributed by atoms with Crippen LogP contribution in [0.5, 0.6) is 11.8 Å². The molecule has 1 aromatic rings. The molecular weight excluding hydrogens is 272 g/mol. The van der Waals surface area contributed by atoms with Gasteiger partial charge in [0, 0.05) is 25.8 Å². The van der Waals surface area contributed by atoms with Crippen LogP contribution in [0.25, 0.3) is 0 Å². The number of ether oxygens (including phenoxy) is 2. The van der Waals surface area contributed by atoms with Gasteiger partial charge in [0.15, 0.2) is 0 Å². The number of amides is 1. The molecule has 0 bridgehead atoms. The summed E-state index contributed by atoms with van der Waals surface area (Å²) >= 11 is 0. The van der Waals surface area contributed by atoms with Gasteiger partial charge >= 0.3 is 12.1 Å². The molecule has 112 valence electrons. The first-order valence-corrected chi connectivity index (χ1v) is 5.75. The predicted octanol–water partition coefficient (Wildman–Crippen LogP) is -0.383. The van der Waals surface area contributed by atoms with Gasteiger partial charge in [-0.25, -0.2) is 9.59 Å². The van der Waals surface area contributed by atoms with Crippen LogP contribution in [0.1, 0.15) is 6.42 Å². The predicted molar refractivity (Wildman–Crippen MR) is 65.2 cm³/mol. The molecule has 0 fully saturated rings. The van der Waals surface area contributed by atoms with Crippen molar-refractivity contribution >= 4 is 12.1 Å². The smallest absolute Gasteiger partial charge is 0.407 e. The van der Waals surface area contributed by atoms with Gasteiger partial charge in [-0.3, -0.25) is 0 Å². The number of aromatic hydroxyl groups is 2. The van der Waals surface area contributed by atoms with E-state index in [4.69, 9.17) is 4.74 Å². The Labute approximate surface area is 114 Å². The topological polar surface area (TPSA) is 119 Å². The fourth-order valence-corrected chi connectivity index (χ4v) is 1.18. The van der Waals surface area contributed by atoms with Crippen LogP contribution in [0.15, 0.2) is 12.1 Å². The lowest BCUT2D eigenvalue weighted by Gasteiger charge is -2.08. The lowest BCUT2D eigenvalue weighted by Crippen LogP contribution is -2.30. The molecule has 1 heterocycles. The van der Waals surface area contributed by atoms with E-state index in [9.17, 15) is 19.8 Å². The molecule has 9 heteroatoms. The Morgan fingerprint density at radius 3 is 2.50 bits per heavy atom. The molecule has 1 amide bonds. The number of nitrogens with one attached hydrogen (secondary N) is 1. The average molecular weight is 288 g/mol. The minimum atomic E-state index is -0.746. The molecule has 0 unspecified atom stereocenters. The number of carbonyl (C=O) groups excluding carboxylic acids is 2. The Balaban J connectivity index is 2.22. The molecule has 0 aliphatic carbocycles. The second-order valence-electron chi connectivity index (χ2n) is 3.61. The first kappa shape index (κ1) is 15.6. The quantitative estimate of drug-likeness (QED) is 0.585. The van der Waals surface area contributed by atoms with Crippen LogP contribution in [0.2, 0.25) is 0 Å². The summed E-state index contributed by atoms with van der Waals surface area (Å²) in [5.41, 5.74) is 0. The Bertz CT molecular complexity index is 438.